The lowest BCUT2D eigenvalue weighted by atomic mass is 10.1. The first kappa shape index (κ1) is 15.7. The molecular weight excluding hydrogens is 304 g/mol. The highest BCUT2D eigenvalue weighted by Gasteiger charge is 2.17. The molecule has 0 aliphatic rings. The molecule has 0 amide bonds. The zero-order chi connectivity index (χ0) is 15.3. The monoisotopic (exact) mass is 320 g/mol. The molecule has 2 aromatic rings. The predicted molar refractivity (Wildman–Crippen MR) is 83.6 cm³/mol. The summed E-state index contributed by atoms with van der Waals surface area (Å²) in [5, 5.41) is 12.6. The highest BCUT2D eigenvalue weighted by molar-refractivity contribution is 7.89. The van der Waals surface area contributed by atoms with E-state index >= 15 is 0 Å². The van der Waals surface area contributed by atoms with Gasteiger partial charge in [-0.3, -0.25) is 0 Å². The Kier molecular flexibility index (Phi) is 5.12. The van der Waals surface area contributed by atoms with E-state index in [0.717, 1.165) is 11.1 Å². The smallest absolute Gasteiger partial charge is 0.208 e. The molecule has 0 bridgehead atoms. The predicted octanol–water partition coefficient (Wildman–Crippen LogP) is 2.72. The summed E-state index contributed by atoms with van der Waals surface area (Å²) < 4.78 is 27.2. The number of benzene rings is 1. The van der Waals surface area contributed by atoms with Crippen LogP contribution in [0.15, 0.2) is 46.0 Å². The number of nitrogens with one attached hydrogen (secondary N) is 1. The second-order valence-corrected chi connectivity index (χ2v) is 7.33. The molecule has 21 heavy (non-hydrogen) atoms. The van der Waals surface area contributed by atoms with Crippen LogP contribution in [-0.4, -0.2) is 14.5 Å². The van der Waals surface area contributed by atoms with Gasteiger partial charge >= 0.3 is 0 Å². The summed E-state index contributed by atoms with van der Waals surface area (Å²) in [4.78, 5) is 0.223. The van der Waals surface area contributed by atoms with Crippen molar-refractivity contribution in [2.75, 3.05) is 0 Å². The van der Waals surface area contributed by atoms with Crippen molar-refractivity contribution >= 4 is 21.4 Å². The van der Waals surface area contributed by atoms with Crippen LogP contribution in [0.3, 0.4) is 0 Å². The van der Waals surface area contributed by atoms with E-state index in [4.69, 9.17) is 5.26 Å². The molecule has 0 saturated carbocycles. The normalized spacial score (nSPS) is 12.8. The van der Waals surface area contributed by atoms with Gasteiger partial charge in [0, 0.05) is 6.04 Å². The highest BCUT2D eigenvalue weighted by atomic mass is 32.2. The minimum Gasteiger partial charge on any atom is -0.208 e. The third-order valence-electron chi connectivity index (χ3n) is 3.00. The Hall–Kier alpha value is -1.68. The van der Waals surface area contributed by atoms with Crippen molar-refractivity contribution in [3.8, 4) is 6.07 Å². The van der Waals surface area contributed by atoms with Crippen LogP contribution in [0.5, 0.6) is 0 Å². The molecule has 110 valence electrons. The molecule has 1 aromatic carbocycles. The van der Waals surface area contributed by atoms with E-state index in [0.29, 0.717) is 6.42 Å². The summed E-state index contributed by atoms with van der Waals surface area (Å²) in [7, 11) is -3.52. The molecule has 2 rings (SSSR count). The molecule has 0 spiro atoms. The molecule has 1 N–H and O–H groups in total. The van der Waals surface area contributed by atoms with Crippen LogP contribution in [0.2, 0.25) is 0 Å². The summed E-state index contributed by atoms with van der Waals surface area (Å²) in [5.41, 5.74) is 1.93. The van der Waals surface area contributed by atoms with Gasteiger partial charge in [0.15, 0.2) is 0 Å². The summed E-state index contributed by atoms with van der Waals surface area (Å²) in [6, 6.07) is 10.3. The van der Waals surface area contributed by atoms with Crippen molar-refractivity contribution < 1.29 is 8.42 Å². The lowest BCUT2D eigenvalue weighted by Gasteiger charge is -2.13. The maximum absolute atomic E-state index is 12.3. The first-order valence-electron chi connectivity index (χ1n) is 6.50. The molecule has 1 heterocycles. The van der Waals surface area contributed by atoms with E-state index < -0.39 is 10.0 Å². The minimum absolute atomic E-state index is 0.177. The van der Waals surface area contributed by atoms with Crippen molar-refractivity contribution in [1.29, 1.82) is 5.26 Å². The van der Waals surface area contributed by atoms with Gasteiger partial charge in [-0.1, -0.05) is 12.1 Å². The third-order valence-corrected chi connectivity index (χ3v) is 5.33. The molecule has 0 aliphatic heterocycles. The van der Waals surface area contributed by atoms with Gasteiger partial charge in [0.2, 0.25) is 10.0 Å². The van der Waals surface area contributed by atoms with Crippen LogP contribution >= 0.6 is 11.3 Å². The zero-order valence-corrected chi connectivity index (χ0v) is 13.2. The average molecular weight is 320 g/mol. The molecule has 0 fully saturated rings. The fourth-order valence-electron chi connectivity index (χ4n) is 2.01. The van der Waals surface area contributed by atoms with Crippen molar-refractivity contribution in [2.24, 2.45) is 0 Å². The van der Waals surface area contributed by atoms with E-state index in [1.807, 2.05) is 29.8 Å². The molecule has 1 aromatic heterocycles. The minimum atomic E-state index is -3.52. The van der Waals surface area contributed by atoms with E-state index in [-0.39, 0.29) is 17.4 Å². The fraction of sp³-hybridized carbons (Fsp3) is 0.267. The van der Waals surface area contributed by atoms with Gasteiger partial charge in [-0.05, 0) is 53.4 Å². The standard InChI is InChI=1S/C15H16N2O2S2/c1-12(10-14-7-9-20-11-14)17-21(18,19)15-4-2-13(3-5-15)6-8-16/h2-5,7,9,11-12,17H,6,10H2,1H3. The van der Waals surface area contributed by atoms with Crippen LogP contribution in [0.1, 0.15) is 18.1 Å². The van der Waals surface area contributed by atoms with Gasteiger partial charge in [-0.25, -0.2) is 13.1 Å². The van der Waals surface area contributed by atoms with E-state index in [1.54, 1.807) is 23.5 Å². The second-order valence-electron chi connectivity index (χ2n) is 4.84. The lowest BCUT2D eigenvalue weighted by Crippen LogP contribution is -2.34. The van der Waals surface area contributed by atoms with Crippen LogP contribution in [0.25, 0.3) is 0 Å². The molecule has 0 saturated heterocycles. The molecule has 1 atom stereocenters. The van der Waals surface area contributed by atoms with Crippen LogP contribution < -0.4 is 4.72 Å². The maximum Gasteiger partial charge on any atom is 0.240 e. The summed E-state index contributed by atoms with van der Waals surface area (Å²) >= 11 is 1.60. The Morgan fingerprint density at radius 3 is 2.52 bits per heavy atom. The Balaban J connectivity index is 2.05. The maximum atomic E-state index is 12.3. The summed E-state index contributed by atoms with van der Waals surface area (Å²) in [6.45, 7) is 1.85. The van der Waals surface area contributed by atoms with E-state index in [9.17, 15) is 8.42 Å². The number of thiophene rings is 1. The molecule has 0 aliphatic carbocycles. The number of rotatable bonds is 6. The fourth-order valence-corrected chi connectivity index (χ4v) is 3.94. The quantitative estimate of drug-likeness (QED) is 0.889. The number of hydrogen-bond acceptors (Lipinski definition) is 4. The van der Waals surface area contributed by atoms with Gasteiger partial charge in [-0.15, -0.1) is 0 Å². The van der Waals surface area contributed by atoms with Crippen molar-refractivity contribution in [3.63, 3.8) is 0 Å². The lowest BCUT2D eigenvalue weighted by molar-refractivity contribution is 0.560. The first-order chi connectivity index (χ1) is 10.0. The number of nitriles is 1. The number of sulfonamides is 1. The second kappa shape index (κ2) is 6.85. The molecule has 6 heteroatoms. The van der Waals surface area contributed by atoms with E-state index in [1.165, 1.54) is 12.1 Å². The Labute approximate surface area is 129 Å². The molecule has 0 radical (unpaired) electrons. The Morgan fingerprint density at radius 2 is 1.95 bits per heavy atom. The van der Waals surface area contributed by atoms with Crippen LogP contribution in [0, 0.1) is 11.3 Å². The Morgan fingerprint density at radius 1 is 1.24 bits per heavy atom. The topological polar surface area (TPSA) is 70.0 Å². The zero-order valence-electron chi connectivity index (χ0n) is 11.6. The van der Waals surface area contributed by atoms with Gasteiger partial charge in [-0.2, -0.15) is 16.6 Å². The van der Waals surface area contributed by atoms with Crippen LogP contribution in [-0.2, 0) is 22.9 Å². The summed E-state index contributed by atoms with van der Waals surface area (Å²) in [6.07, 6.45) is 0.942. The molecular formula is C15H16N2O2S2. The van der Waals surface area contributed by atoms with Gasteiger partial charge in [0.05, 0.1) is 17.4 Å². The van der Waals surface area contributed by atoms with Gasteiger partial charge < -0.3 is 0 Å². The third kappa shape index (κ3) is 4.39. The molecule has 4 nitrogen and oxygen atoms in total. The van der Waals surface area contributed by atoms with Gasteiger partial charge in [0.25, 0.3) is 0 Å². The van der Waals surface area contributed by atoms with Crippen molar-refractivity contribution in [1.82, 2.24) is 4.72 Å². The highest BCUT2D eigenvalue weighted by Crippen LogP contribution is 2.13. The van der Waals surface area contributed by atoms with E-state index in [2.05, 4.69) is 4.72 Å². The molecule has 1 unspecified atom stereocenters. The Bertz CT molecular complexity index is 714. The van der Waals surface area contributed by atoms with Crippen molar-refractivity contribution in [3.05, 3.63) is 52.2 Å². The average Bonchev–Trinajstić information content (AvgIpc) is 2.92. The van der Waals surface area contributed by atoms with Crippen LogP contribution in [0.4, 0.5) is 0 Å². The number of hydrogen-bond donors (Lipinski definition) is 1. The van der Waals surface area contributed by atoms with Crippen molar-refractivity contribution in [2.45, 2.75) is 30.7 Å². The largest absolute Gasteiger partial charge is 0.240 e. The number of nitrogens with zero attached hydrogens (tertiary/aromatic N) is 1. The first-order valence-corrected chi connectivity index (χ1v) is 8.93. The van der Waals surface area contributed by atoms with Gasteiger partial charge in [0.1, 0.15) is 0 Å². The summed E-state index contributed by atoms with van der Waals surface area (Å²) in [5.74, 6) is 0. The SMILES string of the molecule is CC(Cc1ccsc1)NS(=O)(=O)c1ccc(CC#N)cc1.